The Balaban J connectivity index is 2.28. The van der Waals surface area contributed by atoms with E-state index < -0.39 is 0 Å². The van der Waals surface area contributed by atoms with Crippen molar-refractivity contribution < 1.29 is 9.63 Å². The maximum absolute atomic E-state index is 12.1. The second-order valence-electron chi connectivity index (χ2n) is 4.82. The normalized spacial score (nSPS) is 10.7. The molecule has 0 atom stereocenters. The van der Waals surface area contributed by atoms with Crippen LogP contribution in [0, 0.1) is 0 Å². The molecule has 1 amide bonds. The first kappa shape index (κ1) is 17.2. The Hall–Kier alpha value is -2.13. The van der Waals surface area contributed by atoms with E-state index in [2.05, 4.69) is 15.9 Å². The average molecular weight is 337 g/mol. The van der Waals surface area contributed by atoms with E-state index in [9.17, 15) is 9.59 Å². The summed E-state index contributed by atoms with van der Waals surface area (Å²) in [4.78, 5) is 29.8. The summed E-state index contributed by atoms with van der Waals surface area (Å²) in [5, 5.41) is 7.58. The van der Waals surface area contributed by atoms with Crippen LogP contribution in [0.5, 0.6) is 0 Å². The molecule has 1 N–H and O–H groups in total. The Bertz CT molecular complexity index is 740. The van der Waals surface area contributed by atoms with Crippen LogP contribution in [0.15, 0.2) is 27.9 Å². The van der Waals surface area contributed by atoms with E-state index in [0.717, 1.165) is 21.6 Å². The molecule has 124 valence electrons. The van der Waals surface area contributed by atoms with E-state index in [4.69, 9.17) is 4.84 Å². The summed E-state index contributed by atoms with van der Waals surface area (Å²) in [5.41, 5.74) is 3.40. The quantitative estimate of drug-likeness (QED) is 0.599. The van der Waals surface area contributed by atoms with Crippen molar-refractivity contribution in [1.29, 1.82) is 0 Å². The van der Waals surface area contributed by atoms with Crippen LogP contribution in [0.25, 0.3) is 5.69 Å². The molecular formula is C14H19N5O3S. The van der Waals surface area contributed by atoms with Gasteiger partial charge in [-0.15, -0.1) is 11.8 Å². The van der Waals surface area contributed by atoms with Gasteiger partial charge in [0.25, 0.3) is 0 Å². The molecule has 0 spiro atoms. The molecule has 0 bridgehead atoms. The van der Waals surface area contributed by atoms with Gasteiger partial charge in [-0.2, -0.15) is 9.36 Å². The number of hydrogen-bond donors (Lipinski definition) is 1. The van der Waals surface area contributed by atoms with Crippen LogP contribution in [0.2, 0.25) is 0 Å². The largest absolute Gasteiger partial charge is 0.368 e. The predicted molar refractivity (Wildman–Crippen MR) is 86.2 cm³/mol. The van der Waals surface area contributed by atoms with Gasteiger partial charge in [-0.3, -0.25) is 9.63 Å². The van der Waals surface area contributed by atoms with E-state index in [1.807, 2.05) is 25.3 Å². The van der Waals surface area contributed by atoms with E-state index >= 15 is 0 Å². The molecule has 0 aliphatic rings. The Morgan fingerprint density at radius 3 is 2.78 bits per heavy atom. The van der Waals surface area contributed by atoms with Crippen LogP contribution in [0.1, 0.15) is 25.3 Å². The van der Waals surface area contributed by atoms with Crippen molar-refractivity contribution in [1.82, 2.24) is 25.3 Å². The van der Waals surface area contributed by atoms with Gasteiger partial charge in [0.1, 0.15) is 6.61 Å². The lowest BCUT2D eigenvalue weighted by Crippen LogP contribution is -2.25. The summed E-state index contributed by atoms with van der Waals surface area (Å²) in [6, 6.07) is 5.52. The zero-order valence-electron chi connectivity index (χ0n) is 13.3. The van der Waals surface area contributed by atoms with Gasteiger partial charge in [0, 0.05) is 23.9 Å². The molecule has 0 unspecified atom stereocenters. The lowest BCUT2D eigenvalue weighted by molar-refractivity contribution is -0.134. The Kier molecular flexibility index (Phi) is 5.94. The summed E-state index contributed by atoms with van der Waals surface area (Å²) in [6.45, 7) is 2.05. The molecule has 0 radical (unpaired) electrons. The second-order valence-corrected chi connectivity index (χ2v) is 5.67. The average Bonchev–Trinajstić information content (AvgIpc) is 2.87. The van der Waals surface area contributed by atoms with Gasteiger partial charge >= 0.3 is 5.69 Å². The molecule has 1 heterocycles. The van der Waals surface area contributed by atoms with Gasteiger partial charge in [-0.25, -0.2) is 10.3 Å². The Labute approximate surface area is 137 Å². The summed E-state index contributed by atoms with van der Waals surface area (Å²) < 4.78 is 2.37. The number of hydrogen-bond acceptors (Lipinski definition) is 6. The highest BCUT2D eigenvalue weighted by Gasteiger charge is 2.15. The number of aromatic nitrogens is 4. The van der Waals surface area contributed by atoms with E-state index in [-0.39, 0.29) is 18.2 Å². The van der Waals surface area contributed by atoms with Crippen molar-refractivity contribution in [3.05, 3.63) is 34.2 Å². The summed E-state index contributed by atoms with van der Waals surface area (Å²) in [6.07, 6.45) is 3.08. The lowest BCUT2D eigenvalue weighted by Gasteiger charge is -2.13. The topological polar surface area (TPSA) is 91.0 Å². The molecule has 1 aromatic carbocycles. The number of aryl methyl sites for hydroxylation is 1. The van der Waals surface area contributed by atoms with Crippen molar-refractivity contribution in [2.24, 2.45) is 7.05 Å². The van der Waals surface area contributed by atoms with Gasteiger partial charge in [-0.05, 0) is 35.2 Å². The number of hydroxylamine groups is 1. The standard InChI is InChI=1S/C14H19N5O3S/c1-4-6-13(20)15-22-9-10-11(7-5-8-12(10)23-3)19-14(21)18(2)16-17-19/h5,7-8H,4,6,9H2,1-3H3,(H,15,20). The van der Waals surface area contributed by atoms with Crippen LogP contribution in [0.3, 0.4) is 0 Å². The van der Waals surface area contributed by atoms with E-state index in [1.54, 1.807) is 6.07 Å². The van der Waals surface area contributed by atoms with E-state index in [1.165, 1.54) is 23.5 Å². The van der Waals surface area contributed by atoms with Gasteiger partial charge < -0.3 is 0 Å². The fourth-order valence-electron chi connectivity index (χ4n) is 2.02. The third-order valence-corrected chi connectivity index (χ3v) is 3.98. The molecule has 1 aromatic heterocycles. The SMILES string of the molecule is CCCC(=O)NOCc1c(SC)cccc1-n1nnn(C)c1=O. The van der Waals surface area contributed by atoms with Crippen molar-refractivity contribution in [3.63, 3.8) is 0 Å². The molecule has 9 heteroatoms. The fraction of sp³-hybridized carbons (Fsp3) is 0.429. The van der Waals surface area contributed by atoms with Crippen LogP contribution >= 0.6 is 11.8 Å². The molecule has 0 saturated heterocycles. The smallest absolute Gasteiger partial charge is 0.273 e. The van der Waals surface area contributed by atoms with Crippen molar-refractivity contribution in [2.45, 2.75) is 31.3 Å². The Morgan fingerprint density at radius 2 is 2.17 bits per heavy atom. The third-order valence-electron chi connectivity index (χ3n) is 3.16. The van der Waals surface area contributed by atoms with Crippen molar-refractivity contribution in [3.8, 4) is 5.69 Å². The first-order chi connectivity index (χ1) is 11.1. The Morgan fingerprint density at radius 1 is 1.39 bits per heavy atom. The van der Waals surface area contributed by atoms with Crippen molar-refractivity contribution in [2.75, 3.05) is 6.26 Å². The number of thioether (sulfide) groups is 1. The second kappa shape index (κ2) is 7.93. The minimum absolute atomic E-state index is 0.130. The molecule has 8 nitrogen and oxygen atoms in total. The maximum Gasteiger partial charge on any atom is 0.368 e. The van der Waals surface area contributed by atoms with E-state index in [0.29, 0.717) is 12.1 Å². The van der Waals surface area contributed by atoms with Crippen LogP contribution < -0.4 is 11.2 Å². The van der Waals surface area contributed by atoms with Crippen LogP contribution in [-0.4, -0.2) is 32.0 Å². The minimum atomic E-state index is -0.348. The number of nitrogens with one attached hydrogen (secondary N) is 1. The molecule has 0 aliphatic heterocycles. The molecule has 0 saturated carbocycles. The van der Waals surface area contributed by atoms with Gasteiger partial charge in [-0.1, -0.05) is 13.0 Å². The van der Waals surface area contributed by atoms with Crippen LogP contribution in [-0.2, 0) is 23.3 Å². The molecule has 0 aliphatic carbocycles. The number of carbonyl (C=O) groups excluding carboxylic acids is 1. The maximum atomic E-state index is 12.1. The van der Waals surface area contributed by atoms with Crippen molar-refractivity contribution >= 4 is 17.7 Å². The number of amides is 1. The number of carbonyl (C=O) groups is 1. The highest BCUT2D eigenvalue weighted by molar-refractivity contribution is 7.98. The monoisotopic (exact) mass is 337 g/mol. The zero-order valence-corrected chi connectivity index (χ0v) is 14.1. The van der Waals surface area contributed by atoms with Gasteiger partial charge in [0.15, 0.2) is 0 Å². The molecule has 2 aromatic rings. The molecule has 23 heavy (non-hydrogen) atoms. The summed E-state index contributed by atoms with van der Waals surface area (Å²) >= 11 is 1.52. The number of nitrogens with zero attached hydrogens (tertiary/aromatic N) is 4. The molecule has 2 rings (SSSR count). The molecule has 0 fully saturated rings. The first-order valence-corrected chi connectivity index (χ1v) is 8.36. The molecular weight excluding hydrogens is 318 g/mol. The predicted octanol–water partition coefficient (Wildman–Crippen LogP) is 1.04. The van der Waals surface area contributed by atoms with Crippen LogP contribution in [0.4, 0.5) is 0 Å². The summed E-state index contributed by atoms with van der Waals surface area (Å²) in [5.74, 6) is -0.174. The number of tetrazole rings is 1. The lowest BCUT2D eigenvalue weighted by atomic mass is 10.2. The minimum Gasteiger partial charge on any atom is -0.273 e. The third kappa shape index (κ3) is 3.99. The summed E-state index contributed by atoms with van der Waals surface area (Å²) in [7, 11) is 1.53. The number of rotatable bonds is 7. The van der Waals surface area contributed by atoms with Gasteiger partial charge in [0.05, 0.1) is 5.69 Å². The highest BCUT2D eigenvalue weighted by atomic mass is 32.2. The zero-order chi connectivity index (χ0) is 16.8. The fourth-order valence-corrected chi connectivity index (χ4v) is 2.65. The highest BCUT2D eigenvalue weighted by Crippen LogP contribution is 2.25. The van der Waals surface area contributed by atoms with Gasteiger partial charge in [0.2, 0.25) is 5.91 Å². The number of benzene rings is 1. The first-order valence-electron chi connectivity index (χ1n) is 7.14.